The van der Waals surface area contributed by atoms with Crippen LogP contribution in [0.4, 0.5) is 10.1 Å². The molecular formula is C13H19FN2O. The van der Waals surface area contributed by atoms with Gasteiger partial charge in [-0.25, -0.2) is 4.39 Å². The zero-order chi connectivity index (χ0) is 12.5. The molecule has 1 fully saturated rings. The molecule has 94 valence electrons. The smallest absolute Gasteiger partial charge is 0.146 e. The SMILES string of the molecule is COc1ccc(F)c(NC(C)(CN)C2CC2)c1. The lowest BCUT2D eigenvalue weighted by Crippen LogP contribution is -2.44. The van der Waals surface area contributed by atoms with E-state index in [-0.39, 0.29) is 11.4 Å². The van der Waals surface area contributed by atoms with Gasteiger partial charge >= 0.3 is 0 Å². The standard InChI is InChI=1S/C13H19FN2O/c1-13(8-15,9-3-4-9)16-12-7-10(17-2)5-6-11(12)14/h5-7,9,16H,3-4,8,15H2,1-2H3. The molecule has 1 aromatic carbocycles. The molecule has 0 radical (unpaired) electrons. The first-order valence-electron chi connectivity index (χ1n) is 5.91. The van der Waals surface area contributed by atoms with E-state index >= 15 is 0 Å². The molecule has 3 nitrogen and oxygen atoms in total. The van der Waals surface area contributed by atoms with Gasteiger partial charge in [-0.05, 0) is 37.8 Å². The average Bonchev–Trinajstić information content (AvgIpc) is 3.16. The highest BCUT2D eigenvalue weighted by atomic mass is 19.1. The Kier molecular flexibility index (Phi) is 3.24. The minimum atomic E-state index is -0.272. The van der Waals surface area contributed by atoms with Crippen LogP contribution in [0.25, 0.3) is 0 Å². The van der Waals surface area contributed by atoms with Crippen LogP contribution in [0.15, 0.2) is 18.2 Å². The highest BCUT2D eigenvalue weighted by molar-refractivity contribution is 5.52. The van der Waals surface area contributed by atoms with Crippen molar-refractivity contribution in [3.8, 4) is 5.75 Å². The Morgan fingerprint density at radius 2 is 2.24 bits per heavy atom. The van der Waals surface area contributed by atoms with Gasteiger partial charge in [-0.2, -0.15) is 0 Å². The quantitative estimate of drug-likeness (QED) is 0.828. The van der Waals surface area contributed by atoms with Crippen LogP contribution in [0.1, 0.15) is 19.8 Å². The monoisotopic (exact) mass is 238 g/mol. The lowest BCUT2D eigenvalue weighted by atomic mass is 9.95. The summed E-state index contributed by atoms with van der Waals surface area (Å²) < 4.78 is 18.8. The maximum Gasteiger partial charge on any atom is 0.146 e. The first-order chi connectivity index (χ1) is 8.09. The van der Waals surface area contributed by atoms with Crippen LogP contribution in [0, 0.1) is 11.7 Å². The van der Waals surface area contributed by atoms with Crippen LogP contribution in [-0.2, 0) is 0 Å². The Balaban J connectivity index is 2.21. The Morgan fingerprint density at radius 3 is 2.76 bits per heavy atom. The summed E-state index contributed by atoms with van der Waals surface area (Å²) in [6, 6.07) is 4.69. The summed E-state index contributed by atoms with van der Waals surface area (Å²) in [5.41, 5.74) is 6.03. The number of benzene rings is 1. The van der Waals surface area contributed by atoms with E-state index in [0.717, 1.165) is 12.8 Å². The van der Waals surface area contributed by atoms with Crippen molar-refractivity contribution in [2.24, 2.45) is 11.7 Å². The fourth-order valence-corrected chi connectivity index (χ4v) is 2.08. The third-order valence-corrected chi connectivity index (χ3v) is 3.50. The predicted molar refractivity (Wildman–Crippen MR) is 66.8 cm³/mol. The predicted octanol–water partition coefficient (Wildman–Crippen LogP) is 2.37. The van der Waals surface area contributed by atoms with E-state index in [0.29, 0.717) is 23.9 Å². The van der Waals surface area contributed by atoms with E-state index in [4.69, 9.17) is 10.5 Å². The Labute approximate surface area is 101 Å². The average molecular weight is 238 g/mol. The van der Waals surface area contributed by atoms with Gasteiger partial charge in [0, 0.05) is 18.2 Å². The number of halogens is 1. The van der Waals surface area contributed by atoms with Crippen LogP contribution in [0.2, 0.25) is 0 Å². The molecule has 0 amide bonds. The Hall–Kier alpha value is -1.29. The third kappa shape index (κ3) is 2.52. The minimum absolute atomic E-state index is 0.229. The van der Waals surface area contributed by atoms with E-state index in [1.807, 2.05) is 6.92 Å². The van der Waals surface area contributed by atoms with Gasteiger partial charge in [-0.15, -0.1) is 0 Å². The van der Waals surface area contributed by atoms with Gasteiger partial charge in [0.15, 0.2) is 0 Å². The summed E-state index contributed by atoms with van der Waals surface area (Å²) in [6.07, 6.45) is 2.32. The number of methoxy groups -OCH3 is 1. The van der Waals surface area contributed by atoms with E-state index in [1.54, 1.807) is 19.2 Å². The molecule has 0 bridgehead atoms. The summed E-state index contributed by atoms with van der Waals surface area (Å²) in [5, 5.41) is 3.23. The molecule has 0 spiro atoms. The molecule has 3 N–H and O–H groups in total. The maximum atomic E-state index is 13.7. The van der Waals surface area contributed by atoms with Gasteiger partial charge in [0.05, 0.1) is 12.8 Å². The first kappa shape index (κ1) is 12.2. The fourth-order valence-electron chi connectivity index (χ4n) is 2.08. The topological polar surface area (TPSA) is 47.3 Å². The molecule has 2 rings (SSSR count). The van der Waals surface area contributed by atoms with E-state index in [1.165, 1.54) is 6.07 Å². The van der Waals surface area contributed by atoms with Gasteiger partial charge in [-0.3, -0.25) is 0 Å². The molecule has 1 atom stereocenters. The molecule has 1 aromatic rings. The summed E-state index contributed by atoms with van der Waals surface area (Å²) in [7, 11) is 1.57. The molecule has 0 saturated heterocycles. The largest absolute Gasteiger partial charge is 0.497 e. The lowest BCUT2D eigenvalue weighted by molar-refractivity contribution is 0.412. The van der Waals surface area contributed by atoms with Crippen molar-refractivity contribution in [1.29, 1.82) is 0 Å². The van der Waals surface area contributed by atoms with E-state index in [2.05, 4.69) is 5.32 Å². The maximum absolute atomic E-state index is 13.7. The van der Waals surface area contributed by atoms with E-state index < -0.39 is 0 Å². The molecule has 1 aliphatic carbocycles. The fraction of sp³-hybridized carbons (Fsp3) is 0.538. The number of hydrogen-bond donors (Lipinski definition) is 2. The van der Waals surface area contributed by atoms with Gasteiger partial charge < -0.3 is 15.8 Å². The van der Waals surface area contributed by atoms with Crippen molar-refractivity contribution in [3.63, 3.8) is 0 Å². The highest BCUT2D eigenvalue weighted by Gasteiger charge is 2.40. The third-order valence-electron chi connectivity index (χ3n) is 3.50. The number of rotatable bonds is 5. The van der Waals surface area contributed by atoms with Crippen LogP contribution < -0.4 is 15.8 Å². The second kappa shape index (κ2) is 4.53. The van der Waals surface area contributed by atoms with Crippen molar-refractivity contribution >= 4 is 5.69 Å². The van der Waals surface area contributed by atoms with Gasteiger partial charge in [-0.1, -0.05) is 0 Å². The number of nitrogens with one attached hydrogen (secondary N) is 1. The number of hydrogen-bond acceptors (Lipinski definition) is 3. The molecule has 1 saturated carbocycles. The molecule has 1 aliphatic rings. The van der Waals surface area contributed by atoms with Crippen molar-refractivity contribution < 1.29 is 9.13 Å². The summed E-state index contributed by atoms with van der Waals surface area (Å²) in [4.78, 5) is 0. The second-order valence-electron chi connectivity index (χ2n) is 4.87. The summed E-state index contributed by atoms with van der Waals surface area (Å²) in [5.74, 6) is 0.910. The highest BCUT2D eigenvalue weighted by Crippen LogP contribution is 2.41. The van der Waals surface area contributed by atoms with Gasteiger partial charge in [0.2, 0.25) is 0 Å². The zero-order valence-electron chi connectivity index (χ0n) is 10.3. The van der Waals surface area contributed by atoms with Gasteiger partial charge in [0.1, 0.15) is 11.6 Å². The molecular weight excluding hydrogens is 219 g/mol. The molecule has 1 unspecified atom stereocenters. The van der Waals surface area contributed by atoms with Crippen LogP contribution in [-0.4, -0.2) is 19.2 Å². The second-order valence-corrected chi connectivity index (χ2v) is 4.87. The number of ether oxygens (including phenoxy) is 1. The molecule has 4 heteroatoms. The van der Waals surface area contributed by atoms with Gasteiger partial charge in [0.25, 0.3) is 0 Å². The molecule has 0 aromatic heterocycles. The first-order valence-corrected chi connectivity index (χ1v) is 5.91. The number of nitrogens with two attached hydrogens (primary N) is 1. The minimum Gasteiger partial charge on any atom is -0.497 e. The van der Waals surface area contributed by atoms with Crippen molar-refractivity contribution in [2.45, 2.75) is 25.3 Å². The summed E-state index contributed by atoms with van der Waals surface area (Å²) >= 11 is 0. The van der Waals surface area contributed by atoms with Crippen LogP contribution in [0.3, 0.4) is 0 Å². The lowest BCUT2D eigenvalue weighted by Gasteiger charge is -2.31. The van der Waals surface area contributed by atoms with Crippen molar-refractivity contribution in [3.05, 3.63) is 24.0 Å². The zero-order valence-corrected chi connectivity index (χ0v) is 10.3. The Morgan fingerprint density at radius 1 is 1.53 bits per heavy atom. The van der Waals surface area contributed by atoms with E-state index in [9.17, 15) is 4.39 Å². The molecule has 0 aliphatic heterocycles. The van der Waals surface area contributed by atoms with Crippen LogP contribution >= 0.6 is 0 Å². The molecule has 0 heterocycles. The molecule has 17 heavy (non-hydrogen) atoms. The van der Waals surface area contributed by atoms with Crippen LogP contribution in [0.5, 0.6) is 5.75 Å². The number of anilines is 1. The summed E-state index contributed by atoms with van der Waals surface area (Å²) in [6.45, 7) is 2.54. The Bertz CT molecular complexity index is 406. The van der Waals surface area contributed by atoms with Crippen molar-refractivity contribution in [2.75, 3.05) is 19.0 Å². The van der Waals surface area contributed by atoms with Crippen molar-refractivity contribution in [1.82, 2.24) is 0 Å². The normalized spacial score (nSPS) is 18.6.